The van der Waals surface area contributed by atoms with E-state index in [1.165, 1.54) is 18.2 Å². The van der Waals surface area contributed by atoms with Gasteiger partial charge >= 0.3 is 6.61 Å². The Morgan fingerprint density at radius 1 is 1.04 bits per heavy atom. The number of alkyl halides is 2. The molecule has 0 amide bonds. The van der Waals surface area contributed by atoms with E-state index >= 15 is 0 Å². The molecule has 3 aromatic rings. The number of rotatable bonds is 7. The van der Waals surface area contributed by atoms with Gasteiger partial charge in [0.25, 0.3) is 0 Å². The molecule has 0 saturated heterocycles. The Morgan fingerprint density at radius 3 is 2.54 bits per heavy atom. The summed E-state index contributed by atoms with van der Waals surface area (Å²) in [4.78, 5) is 4.07. The largest absolute Gasteiger partial charge is 0.490 e. The summed E-state index contributed by atoms with van der Waals surface area (Å²) in [5.41, 5.74) is 0.638. The summed E-state index contributed by atoms with van der Waals surface area (Å²) in [6.07, 6.45) is 5.02. The molecule has 28 heavy (non-hydrogen) atoms. The smallest absolute Gasteiger partial charge is 0.387 e. The summed E-state index contributed by atoms with van der Waals surface area (Å²) in [5.74, 6) is 0.477. The fourth-order valence-electron chi connectivity index (χ4n) is 3.35. The standard InChI is InChI=1S/C21H19F3N2O2/c22-20-6-1-13-11-25-8-7-18(13)19(20)12-26-14-9-17(10-14)27-15-2-4-16(5-3-15)28-21(23)24/h1-8,11,14,17,21,26H,9-10,12H2/t14-,17-. The highest BCUT2D eigenvalue weighted by atomic mass is 19.3. The summed E-state index contributed by atoms with van der Waals surface area (Å²) >= 11 is 0. The van der Waals surface area contributed by atoms with Crippen molar-refractivity contribution >= 4 is 10.8 Å². The summed E-state index contributed by atoms with van der Waals surface area (Å²) in [6, 6.07) is 11.4. The highest BCUT2D eigenvalue weighted by Crippen LogP contribution is 2.28. The summed E-state index contributed by atoms with van der Waals surface area (Å²) in [6.45, 7) is -2.40. The van der Waals surface area contributed by atoms with Gasteiger partial charge in [0.15, 0.2) is 0 Å². The zero-order valence-corrected chi connectivity index (χ0v) is 14.9. The van der Waals surface area contributed by atoms with Crippen molar-refractivity contribution in [3.8, 4) is 11.5 Å². The molecule has 1 heterocycles. The second-order valence-electron chi connectivity index (χ2n) is 6.76. The minimum absolute atomic E-state index is 0.0425. The molecular weight excluding hydrogens is 369 g/mol. The fourth-order valence-corrected chi connectivity index (χ4v) is 3.35. The highest BCUT2D eigenvalue weighted by Gasteiger charge is 2.30. The van der Waals surface area contributed by atoms with Crippen molar-refractivity contribution in [2.45, 2.75) is 38.1 Å². The molecule has 146 valence electrons. The van der Waals surface area contributed by atoms with E-state index in [1.807, 2.05) is 6.07 Å². The van der Waals surface area contributed by atoms with Crippen LogP contribution in [0.3, 0.4) is 0 Å². The lowest BCUT2D eigenvalue weighted by molar-refractivity contribution is -0.0499. The Kier molecular flexibility index (Phi) is 5.34. The lowest BCUT2D eigenvalue weighted by Crippen LogP contribution is -2.46. The number of nitrogens with zero attached hydrogens (tertiary/aromatic N) is 1. The molecule has 0 spiro atoms. The van der Waals surface area contributed by atoms with Crippen molar-refractivity contribution in [3.63, 3.8) is 0 Å². The number of hydrogen-bond donors (Lipinski definition) is 1. The number of aromatic nitrogens is 1. The Hall–Kier alpha value is -2.80. The zero-order chi connectivity index (χ0) is 19.5. The molecular formula is C21H19F3N2O2. The summed E-state index contributed by atoms with van der Waals surface area (Å²) < 4.78 is 48.7. The molecule has 0 aliphatic heterocycles. The van der Waals surface area contributed by atoms with Crippen LogP contribution in [0.25, 0.3) is 10.8 Å². The van der Waals surface area contributed by atoms with Crippen LogP contribution in [-0.4, -0.2) is 23.7 Å². The van der Waals surface area contributed by atoms with Crippen molar-refractivity contribution in [3.05, 3.63) is 66.2 Å². The second kappa shape index (κ2) is 8.06. The molecule has 0 bridgehead atoms. The number of benzene rings is 2. The third-order valence-electron chi connectivity index (χ3n) is 4.89. The maximum Gasteiger partial charge on any atom is 0.387 e. The quantitative estimate of drug-likeness (QED) is 0.639. The maximum absolute atomic E-state index is 14.2. The summed E-state index contributed by atoms with van der Waals surface area (Å²) in [7, 11) is 0. The van der Waals surface area contributed by atoms with Crippen LogP contribution in [0.2, 0.25) is 0 Å². The van der Waals surface area contributed by atoms with E-state index < -0.39 is 6.61 Å². The second-order valence-corrected chi connectivity index (χ2v) is 6.76. The molecule has 1 aliphatic carbocycles. The predicted octanol–water partition coefficient (Wildman–Crippen LogP) is 4.67. The van der Waals surface area contributed by atoms with Crippen LogP contribution in [0.4, 0.5) is 13.2 Å². The van der Waals surface area contributed by atoms with Crippen molar-refractivity contribution in [1.29, 1.82) is 0 Å². The molecule has 4 rings (SSSR count). The molecule has 1 aromatic heterocycles. The molecule has 4 nitrogen and oxygen atoms in total. The van der Waals surface area contributed by atoms with Crippen LogP contribution >= 0.6 is 0 Å². The van der Waals surface area contributed by atoms with Crippen LogP contribution in [0, 0.1) is 5.82 Å². The molecule has 1 saturated carbocycles. The topological polar surface area (TPSA) is 43.4 Å². The van der Waals surface area contributed by atoms with Gasteiger partial charge < -0.3 is 14.8 Å². The van der Waals surface area contributed by atoms with Gasteiger partial charge in [0.1, 0.15) is 23.4 Å². The lowest BCUT2D eigenvalue weighted by atomic mass is 9.89. The number of halogens is 3. The Bertz CT molecular complexity index is 944. The van der Waals surface area contributed by atoms with Crippen molar-refractivity contribution < 1.29 is 22.6 Å². The van der Waals surface area contributed by atoms with Crippen LogP contribution in [0.1, 0.15) is 18.4 Å². The minimum Gasteiger partial charge on any atom is -0.490 e. The predicted molar refractivity (Wildman–Crippen MR) is 99.1 cm³/mol. The molecule has 0 unspecified atom stereocenters. The maximum atomic E-state index is 14.2. The Morgan fingerprint density at radius 2 is 1.79 bits per heavy atom. The molecule has 1 N–H and O–H groups in total. The van der Waals surface area contributed by atoms with Crippen molar-refractivity contribution in [1.82, 2.24) is 10.3 Å². The van der Waals surface area contributed by atoms with Crippen molar-refractivity contribution in [2.24, 2.45) is 0 Å². The van der Waals surface area contributed by atoms with E-state index in [9.17, 15) is 13.2 Å². The van der Waals surface area contributed by atoms with Gasteiger partial charge in [-0.2, -0.15) is 8.78 Å². The van der Waals surface area contributed by atoms with E-state index in [4.69, 9.17) is 4.74 Å². The first-order chi connectivity index (χ1) is 13.6. The van der Waals surface area contributed by atoms with Gasteiger partial charge in [-0.15, -0.1) is 0 Å². The Labute approximate surface area is 160 Å². The number of pyridine rings is 1. The van der Waals surface area contributed by atoms with Gasteiger partial charge in [-0.1, -0.05) is 0 Å². The first-order valence-electron chi connectivity index (χ1n) is 9.04. The van der Waals surface area contributed by atoms with E-state index in [1.54, 1.807) is 30.6 Å². The average molecular weight is 388 g/mol. The zero-order valence-electron chi connectivity index (χ0n) is 14.9. The van der Waals surface area contributed by atoms with E-state index in [0.29, 0.717) is 17.9 Å². The van der Waals surface area contributed by atoms with Gasteiger partial charge in [0.05, 0.1) is 0 Å². The van der Waals surface area contributed by atoms with Gasteiger partial charge in [0, 0.05) is 35.9 Å². The monoisotopic (exact) mass is 388 g/mol. The molecule has 1 aliphatic rings. The molecule has 7 heteroatoms. The molecule has 1 fully saturated rings. The number of fused-ring (bicyclic) bond motifs is 1. The Balaban J connectivity index is 1.28. The first-order valence-corrected chi connectivity index (χ1v) is 9.04. The lowest BCUT2D eigenvalue weighted by Gasteiger charge is -2.36. The fraction of sp³-hybridized carbons (Fsp3) is 0.286. The first kappa shape index (κ1) is 18.6. The normalized spacial score (nSPS) is 18.9. The SMILES string of the molecule is Fc1ccc2cnccc2c1CN[C@H]1C[C@H](Oc2ccc(OC(F)F)cc2)C1. The van der Waals surface area contributed by atoms with Gasteiger partial charge in [-0.25, -0.2) is 4.39 Å². The average Bonchev–Trinajstić information content (AvgIpc) is 2.65. The van der Waals surface area contributed by atoms with E-state index in [2.05, 4.69) is 15.0 Å². The van der Waals surface area contributed by atoms with Gasteiger partial charge in [-0.05, 0) is 60.7 Å². The molecule has 0 radical (unpaired) electrons. The number of hydrogen-bond acceptors (Lipinski definition) is 4. The van der Waals surface area contributed by atoms with Crippen LogP contribution in [-0.2, 0) is 6.54 Å². The summed E-state index contributed by atoms with van der Waals surface area (Å²) in [5, 5.41) is 5.14. The van der Waals surface area contributed by atoms with Crippen molar-refractivity contribution in [2.75, 3.05) is 0 Å². The number of ether oxygens (including phenoxy) is 2. The van der Waals surface area contributed by atoms with Gasteiger partial charge in [-0.3, -0.25) is 4.98 Å². The highest BCUT2D eigenvalue weighted by molar-refractivity contribution is 5.84. The number of nitrogens with one attached hydrogen (secondary N) is 1. The molecule has 0 atom stereocenters. The van der Waals surface area contributed by atoms with E-state index in [-0.39, 0.29) is 23.7 Å². The third kappa shape index (κ3) is 4.20. The van der Waals surface area contributed by atoms with E-state index in [0.717, 1.165) is 23.6 Å². The third-order valence-corrected chi connectivity index (χ3v) is 4.89. The minimum atomic E-state index is -2.84. The van der Waals surface area contributed by atoms with Gasteiger partial charge in [0.2, 0.25) is 0 Å². The van der Waals surface area contributed by atoms with Crippen LogP contribution in [0.15, 0.2) is 54.9 Å². The molecule has 2 aromatic carbocycles. The van der Waals surface area contributed by atoms with Crippen LogP contribution in [0.5, 0.6) is 11.5 Å². The van der Waals surface area contributed by atoms with Crippen LogP contribution < -0.4 is 14.8 Å².